The normalized spacial score (nSPS) is 17.5. The van der Waals surface area contributed by atoms with Gasteiger partial charge in [-0.05, 0) is 88.3 Å². The molecule has 0 nitrogen and oxygen atoms in total. The standard InChI is InChI=1S/C47H30/c1-3-15-31-29(13-1)25-27-37-33-17-5-7-21-39(33)45(43(31)37)47(41-23-11-9-19-35(41)36-20-10-12-24-42(36)47)46-40-22-8-6-18-34(40)38-28-26-30-14-2-4-16-32(30)44(38)46/h1-28,45-46H. The van der Waals surface area contributed by atoms with Gasteiger partial charge in [0, 0.05) is 17.3 Å². The highest BCUT2D eigenvalue weighted by Crippen LogP contribution is 2.70. The van der Waals surface area contributed by atoms with Crippen molar-refractivity contribution in [3.05, 3.63) is 203 Å². The molecule has 11 rings (SSSR count). The van der Waals surface area contributed by atoms with E-state index in [1.54, 1.807) is 0 Å². The maximum absolute atomic E-state index is 2.45. The smallest absolute Gasteiger partial charge is 0.0434 e. The Morgan fingerprint density at radius 2 is 0.681 bits per heavy atom. The molecule has 0 heteroatoms. The van der Waals surface area contributed by atoms with Crippen molar-refractivity contribution in [3.8, 4) is 33.4 Å². The fourth-order valence-corrected chi connectivity index (χ4v) is 10.0. The highest BCUT2D eigenvalue weighted by molar-refractivity contribution is 6.01. The van der Waals surface area contributed by atoms with Gasteiger partial charge in [0.2, 0.25) is 0 Å². The second kappa shape index (κ2) is 9.18. The summed E-state index contributed by atoms with van der Waals surface area (Å²) in [4.78, 5) is 0. The lowest BCUT2D eigenvalue weighted by atomic mass is 9.55. The number of benzene rings is 8. The van der Waals surface area contributed by atoms with Gasteiger partial charge in [0.25, 0.3) is 0 Å². The highest BCUT2D eigenvalue weighted by Gasteiger charge is 2.59. The van der Waals surface area contributed by atoms with Crippen molar-refractivity contribution < 1.29 is 0 Å². The monoisotopic (exact) mass is 594 g/mol. The molecule has 0 heterocycles. The van der Waals surface area contributed by atoms with Crippen LogP contribution in [0.5, 0.6) is 0 Å². The summed E-state index contributed by atoms with van der Waals surface area (Å²) >= 11 is 0. The minimum absolute atomic E-state index is 0.0903. The predicted molar refractivity (Wildman–Crippen MR) is 195 cm³/mol. The fourth-order valence-electron chi connectivity index (χ4n) is 10.0. The average molecular weight is 595 g/mol. The molecule has 3 aliphatic carbocycles. The van der Waals surface area contributed by atoms with Crippen LogP contribution in [0, 0.1) is 0 Å². The van der Waals surface area contributed by atoms with Crippen LogP contribution in [0.15, 0.2) is 170 Å². The van der Waals surface area contributed by atoms with Crippen LogP contribution in [0.1, 0.15) is 45.2 Å². The average Bonchev–Trinajstić information content (AvgIpc) is 3.77. The Bertz CT molecular complexity index is 2420. The molecule has 0 radical (unpaired) electrons. The predicted octanol–water partition coefficient (Wildman–Crippen LogP) is 11.9. The summed E-state index contributed by atoms with van der Waals surface area (Å²) in [5.74, 6) is 0.181. The van der Waals surface area contributed by atoms with Crippen LogP contribution in [0.3, 0.4) is 0 Å². The summed E-state index contributed by atoms with van der Waals surface area (Å²) in [6, 6.07) is 64.7. The molecule has 0 fully saturated rings. The number of hydrogen-bond donors (Lipinski definition) is 0. The quantitative estimate of drug-likeness (QED) is 0.187. The SMILES string of the molecule is c1ccc2c(c1)-c1ccc3ccccc3c1C2C1(C2c3ccccc3-c3ccc4ccccc4c32)c2ccccc2-c2ccccc21. The van der Waals surface area contributed by atoms with Crippen molar-refractivity contribution in [1.29, 1.82) is 0 Å². The molecule has 0 aromatic heterocycles. The second-order valence-corrected chi connectivity index (χ2v) is 13.5. The zero-order valence-electron chi connectivity index (χ0n) is 25.8. The van der Waals surface area contributed by atoms with E-state index >= 15 is 0 Å². The van der Waals surface area contributed by atoms with E-state index in [4.69, 9.17) is 0 Å². The molecular formula is C47H30. The Kier molecular flexibility index (Phi) is 4.97. The lowest BCUT2D eigenvalue weighted by molar-refractivity contribution is 0.423. The zero-order chi connectivity index (χ0) is 30.7. The molecule has 0 N–H and O–H groups in total. The Hall–Kier alpha value is -5.72. The third kappa shape index (κ3) is 3.09. The third-order valence-corrected chi connectivity index (χ3v) is 11.6. The molecule has 47 heavy (non-hydrogen) atoms. The summed E-state index contributed by atoms with van der Waals surface area (Å²) in [7, 11) is 0. The maximum Gasteiger partial charge on any atom is 0.0434 e. The molecule has 3 aliphatic rings. The summed E-state index contributed by atoms with van der Waals surface area (Å²) < 4.78 is 0. The van der Waals surface area contributed by atoms with E-state index in [1.807, 2.05) is 0 Å². The lowest BCUT2D eigenvalue weighted by Gasteiger charge is -2.45. The van der Waals surface area contributed by atoms with Gasteiger partial charge in [0.05, 0.1) is 0 Å². The van der Waals surface area contributed by atoms with Crippen LogP contribution in [0.25, 0.3) is 54.9 Å². The molecular weight excluding hydrogens is 565 g/mol. The Morgan fingerprint density at radius 3 is 1.17 bits per heavy atom. The summed E-state index contributed by atoms with van der Waals surface area (Å²) in [6.07, 6.45) is 0. The Morgan fingerprint density at radius 1 is 0.298 bits per heavy atom. The molecule has 8 aromatic carbocycles. The largest absolute Gasteiger partial charge is 0.0619 e. The van der Waals surface area contributed by atoms with Crippen molar-refractivity contribution in [3.63, 3.8) is 0 Å². The minimum atomic E-state index is -0.413. The number of fused-ring (bicyclic) bond motifs is 13. The van der Waals surface area contributed by atoms with Gasteiger partial charge in [0.15, 0.2) is 0 Å². The van der Waals surface area contributed by atoms with Gasteiger partial charge in [-0.3, -0.25) is 0 Å². The molecule has 0 saturated carbocycles. The van der Waals surface area contributed by atoms with Gasteiger partial charge in [-0.2, -0.15) is 0 Å². The molecule has 8 aromatic rings. The van der Waals surface area contributed by atoms with Crippen LogP contribution in [0.4, 0.5) is 0 Å². The number of hydrogen-bond acceptors (Lipinski definition) is 0. The van der Waals surface area contributed by atoms with Crippen molar-refractivity contribution in [2.24, 2.45) is 0 Å². The van der Waals surface area contributed by atoms with E-state index in [9.17, 15) is 0 Å². The Labute approximate surface area is 274 Å². The van der Waals surface area contributed by atoms with Crippen LogP contribution in [0.2, 0.25) is 0 Å². The van der Waals surface area contributed by atoms with Gasteiger partial charge in [0.1, 0.15) is 0 Å². The van der Waals surface area contributed by atoms with Gasteiger partial charge < -0.3 is 0 Å². The van der Waals surface area contributed by atoms with E-state index in [-0.39, 0.29) is 11.8 Å². The zero-order valence-corrected chi connectivity index (χ0v) is 25.8. The molecule has 2 unspecified atom stereocenters. The molecule has 0 spiro atoms. The van der Waals surface area contributed by atoms with Crippen LogP contribution >= 0.6 is 0 Å². The van der Waals surface area contributed by atoms with Gasteiger partial charge in [-0.25, -0.2) is 0 Å². The summed E-state index contributed by atoms with van der Waals surface area (Å²) in [5, 5.41) is 5.32. The van der Waals surface area contributed by atoms with Crippen LogP contribution < -0.4 is 0 Å². The van der Waals surface area contributed by atoms with E-state index in [0.717, 1.165) is 0 Å². The lowest BCUT2D eigenvalue weighted by Crippen LogP contribution is -2.39. The first-order valence-corrected chi connectivity index (χ1v) is 16.8. The molecule has 2 atom stereocenters. The molecule has 0 bridgehead atoms. The molecule has 0 saturated heterocycles. The molecule has 0 amide bonds. The minimum Gasteiger partial charge on any atom is -0.0619 e. The van der Waals surface area contributed by atoms with Gasteiger partial charge in [-0.15, -0.1) is 0 Å². The Balaban J connectivity index is 1.39. The third-order valence-electron chi connectivity index (χ3n) is 11.6. The van der Waals surface area contributed by atoms with Crippen molar-refractivity contribution in [1.82, 2.24) is 0 Å². The van der Waals surface area contributed by atoms with E-state index in [2.05, 4.69) is 170 Å². The summed E-state index contributed by atoms with van der Waals surface area (Å²) in [5.41, 5.74) is 16.4. The first kappa shape index (κ1) is 25.5. The maximum atomic E-state index is 2.45. The number of rotatable bonds is 2. The topological polar surface area (TPSA) is 0 Å². The second-order valence-electron chi connectivity index (χ2n) is 13.5. The van der Waals surface area contributed by atoms with Gasteiger partial charge >= 0.3 is 0 Å². The van der Waals surface area contributed by atoms with Crippen LogP contribution in [-0.4, -0.2) is 0 Å². The van der Waals surface area contributed by atoms with E-state index in [0.29, 0.717) is 0 Å². The first-order chi connectivity index (χ1) is 23.4. The first-order valence-electron chi connectivity index (χ1n) is 16.8. The van der Waals surface area contributed by atoms with Crippen molar-refractivity contribution >= 4 is 21.5 Å². The highest BCUT2D eigenvalue weighted by atomic mass is 14.6. The van der Waals surface area contributed by atoms with Gasteiger partial charge in [-0.1, -0.05) is 170 Å². The van der Waals surface area contributed by atoms with E-state index in [1.165, 1.54) is 88.3 Å². The summed E-state index contributed by atoms with van der Waals surface area (Å²) in [6.45, 7) is 0. The molecule has 0 aliphatic heterocycles. The van der Waals surface area contributed by atoms with E-state index < -0.39 is 5.41 Å². The fraction of sp³-hybridized carbons (Fsp3) is 0.0638. The van der Waals surface area contributed by atoms with Crippen LogP contribution in [-0.2, 0) is 5.41 Å². The molecule has 218 valence electrons. The van der Waals surface area contributed by atoms with Crippen molar-refractivity contribution in [2.75, 3.05) is 0 Å². The van der Waals surface area contributed by atoms with Crippen molar-refractivity contribution in [2.45, 2.75) is 17.3 Å².